The van der Waals surface area contributed by atoms with E-state index >= 15 is 0 Å². The zero-order valence-corrected chi connectivity index (χ0v) is 18.2. The molecule has 0 saturated heterocycles. The lowest BCUT2D eigenvalue weighted by atomic mass is 9.76. The Balaban J connectivity index is 2.85. The van der Waals surface area contributed by atoms with Crippen LogP contribution in [0.25, 0.3) is 0 Å². The van der Waals surface area contributed by atoms with Gasteiger partial charge in [0.1, 0.15) is 11.5 Å². The molecule has 29 heavy (non-hydrogen) atoms. The standard InChI is InChI=1S/C22H33NO6/c1-21(2,3)17(19(25)26)18(24)16(23-20(27)29-22(4,5)6)12-13-28-14-15-10-8-7-9-11-15/h7-11,16-17H,12-14H2,1-6H3,(H,23,27)(H,25,26)/t16?,17-/m1/s1. The maximum atomic E-state index is 13.0. The lowest BCUT2D eigenvalue weighted by molar-refractivity contribution is -0.151. The summed E-state index contributed by atoms with van der Waals surface area (Å²) in [6.45, 7) is 10.7. The average Bonchev–Trinajstić information content (AvgIpc) is 2.55. The molecule has 0 fully saturated rings. The highest BCUT2D eigenvalue weighted by Crippen LogP contribution is 2.28. The quantitative estimate of drug-likeness (QED) is 0.477. The van der Waals surface area contributed by atoms with E-state index in [-0.39, 0.29) is 13.0 Å². The lowest BCUT2D eigenvalue weighted by Gasteiger charge is -2.30. The molecule has 1 amide bonds. The van der Waals surface area contributed by atoms with Gasteiger partial charge in [-0.25, -0.2) is 4.79 Å². The van der Waals surface area contributed by atoms with E-state index in [9.17, 15) is 19.5 Å². The minimum Gasteiger partial charge on any atom is -0.481 e. The third kappa shape index (κ3) is 9.09. The molecular formula is C22H33NO6. The summed E-state index contributed by atoms with van der Waals surface area (Å²) in [5.41, 5.74) is -0.562. The van der Waals surface area contributed by atoms with Crippen molar-refractivity contribution >= 4 is 17.8 Å². The van der Waals surface area contributed by atoms with Gasteiger partial charge in [-0.3, -0.25) is 9.59 Å². The Morgan fingerprint density at radius 1 is 1.03 bits per heavy atom. The molecule has 0 aromatic heterocycles. The topological polar surface area (TPSA) is 102 Å². The second-order valence-corrected chi connectivity index (χ2v) is 9.07. The third-order valence-electron chi connectivity index (χ3n) is 4.09. The van der Waals surface area contributed by atoms with E-state index < -0.39 is 40.8 Å². The molecule has 0 aliphatic heterocycles. The SMILES string of the molecule is CC(C)(C)OC(=O)NC(CCOCc1ccccc1)C(=O)[C@H](C(=O)O)C(C)(C)C. The Morgan fingerprint density at radius 3 is 2.10 bits per heavy atom. The summed E-state index contributed by atoms with van der Waals surface area (Å²) < 4.78 is 10.8. The Kier molecular flexibility index (Phi) is 8.82. The third-order valence-corrected chi connectivity index (χ3v) is 4.09. The highest BCUT2D eigenvalue weighted by molar-refractivity contribution is 6.02. The molecule has 0 radical (unpaired) electrons. The van der Waals surface area contributed by atoms with Crippen LogP contribution < -0.4 is 5.32 Å². The summed E-state index contributed by atoms with van der Waals surface area (Å²) in [6, 6.07) is 8.51. The molecule has 1 aromatic carbocycles. The maximum Gasteiger partial charge on any atom is 0.408 e. The molecule has 2 atom stereocenters. The molecule has 0 heterocycles. The number of carboxylic acids is 1. The Hall–Kier alpha value is -2.41. The zero-order chi connectivity index (χ0) is 22.2. The predicted octanol–water partition coefficient (Wildman–Crippen LogP) is 3.80. The summed E-state index contributed by atoms with van der Waals surface area (Å²) in [7, 11) is 0. The zero-order valence-electron chi connectivity index (χ0n) is 18.2. The first-order valence-corrected chi connectivity index (χ1v) is 9.69. The summed E-state index contributed by atoms with van der Waals surface area (Å²) in [6.07, 6.45) is -0.623. The molecule has 1 aromatic rings. The highest BCUT2D eigenvalue weighted by Gasteiger charge is 2.41. The van der Waals surface area contributed by atoms with Crippen molar-refractivity contribution in [3.8, 4) is 0 Å². The minimum atomic E-state index is -1.27. The van der Waals surface area contributed by atoms with Gasteiger partial charge in [-0.15, -0.1) is 0 Å². The van der Waals surface area contributed by atoms with Crippen molar-refractivity contribution in [2.75, 3.05) is 6.61 Å². The number of carboxylic acid groups (broad SMARTS) is 1. The number of rotatable bonds is 9. The number of nitrogens with one attached hydrogen (secondary N) is 1. The highest BCUT2D eigenvalue weighted by atomic mass is 16.6. The van der Waals surface area contributed by atoms with Crippen LogP contribution in [-0.4, -0.2) is 41.2 Å². The first kappa shape index (κ1) is 24.6. The van der Waals surface area contributed by atoms with Crippen LogP contribution in [0.5, 0.6) is 0 Å². The van der Waals surface area contributed by atoms with Gasteiger partial charge >= 0.3 is 12.1 Å². The normalized spacial score (nSPS) is 14.0. The van der Waals surface area contributed by atoms with E-state index in [1.807, 2.05) is 30.3 Å². The molecule has 0 aliphatic rings. The summed E-state index contributed by atoms with van der Waals surface area (Å²) in [5, 5.41) is 12.1. The van der Waals surface area contributed by atoms with E-state index in [0.29, 0.717) is 6.61 Å². The van der Waals surface area contributed by atoms with Crippen LogP contribution >= 0.6 is 0 Å². The average molecular weight is 408 g/mol. The number of aliphatic carboxylic acids is 1. The van der Waals surface area contributed by atoms with Crippen molar-refractivity contribution in [2.24, 2.45) is 11.3 Å². The summed E-state index contributed by atoms with van der Waals surface area (Å²) in [4.78, 5) is 36.9. The summed E-state index contributed by atoms with van der Waals surface area (Å²) >= 11 is 0. The van der Waals surface area contributed by atoms with E-state index in [0.717, 1.165) is 5.56 Å². The number of amides is 1. The van der Waals surface area contributed by atoms with E-state index in [4.69, 9.17) is 9.47 Å². The lowest BCUT2D eigenvalue weighted by Crippen LogP contribution is -2.50. The molecule has 0 bridgehead atoms. The predicted molar refractivity (Wildman–Crippen MR) is 109 cm³/mol. The fourth-order valence-corrected chi connectivity index (χ4v) is 2.82. The minimum absolute atomic E-state index is 0.144. The van der Waals surface area contributed by atoms with Crippen molar-refractivity contribution in [2.45, 2.75) is 66.2 Å². The Labute approximate surface area is 172 Å². The number of alkyl carbamates (subject to hydrolysis) is 1. The smallest absolute Gasteiger partial charge is 0.408 e. The number of hydrogen-bond acceptors (Lipinski definition) is 5. The van der Waals surface area contributed by atoms with Crippen LogP contribution in [0.2, 0.25) is 0 Å². The molecule has 0 saturated carbocycles. The van der Waals surface area contributed by atoms with Crippen molar-refractivity contribution in [3.63, 3.8) is 0 Å². The van der Waals surface area contributed by atoms with Crippen molar-refractivity contribution < 1.29 is 29.0 Å². The van der Waals surface area contributed by atoms with Crippen molar-refractivity contribution in [1.29, 1.82) is 0 Å². The van der Waals surface area contributed by atoms with Gasteiger partial charge in [0.05, 0.1) is 12.6 Å². The first-order valence-electron chi connectivity index (χ1n) is 9.69. The molecular weight excluding hydrogens is 374 g/mol. The number of benzene rings is 1. The van der Waals surface area contributed by atoms with Crippen LogP contribution in [0.4, 0.5) is 4.79 Å². The molecule has 2 N–H and O–H groups in total. The molecule has 7 nitrogen and oxygen atoms in total. The monoisotopic (exact) mass is 407 g/mol. The molecule has 7 heteroatoms. The number of hydrogen-bond donors (Lipinski definition) is 2. The molecule has 1 rings (SSSR count). The van der Waals surface area contributed by atoms with Crippen molar-refractivity contribution in [3.05, 3.63) is 35.9 Å². The molecule has 0 spiro atoms. The van der Waals surface area contributed by atoms with E-state index in [1.165, 1.54) is 0 Å². The van der Waals surface area contributed by atoms with Gasteiger partial charge in [-0.05, 0) is 38.2 Å². The summed E-state index contributed by atoms with van der Waals surface area (Å²) in [5.74, 6) is -3.06. The number of carbonyl (C=O) groups excluding carboxylic acids is 2. The molecule has 1 unspecified atom stereocenters. The number of Topliss-reactive ketones (excluding diaryl/α,β-unsaturated/α-hetero) is 1. The maximum absolute atomic E-state index is 13.0. The van der Waals surface area contributed by atoms with Gasteiger partial charge in [0.2, 0.25) is 0 Å². The van der Waals surface area contributed by atoms with E-state index in [1.54, 1.807) is 41.5 Å². The van der Waals surface area contributed by atoms with Gasteiger partial charge in [0.15, 0.2) is 5.78 Å². The van der Waals surface area contributed by atoms with Crippen LogP contribution in [0.15, 0.2) is 30.3 Å². The fraction of sp³-hybridized carbons (Fsp3) is 0.591. The second-order valence-electron chi connectivity index (χ2n) is 9.07. The van der Waals surface area contributed by atoms with Crippen LogP contribution in [-0.2, 0) is 25.7 Å². The van der Waals surface area contributed by atoms with E-state index in [2.05, 4.69) is 5.32 Å². The molecule has 0 aliphatic carbocycles. The first-order chi connectivity index (χ1) is 13.3. The Bertz CT molecular complexity index is 687. The van der Waals surface area contributed by atoms with Gasteiger partial charge in [0.25, 0.3) is 0 Å². The Morgan fingerprint density at radius 2 is 1.62 bits per heavy atom. The van der Waals surface area contributed by atoms with Crippen LogP contribution in [0, 0.1) is 11.3 Å². The largest absolute Gasteiger partial charge is 0.481 e. The van der Waals surface area contributed by atoms with Crippen LogP contribution in [0.1, 0.15) is 53.5 Å². The van der Waals surface area contributed by atoms with Crippen molar-refractivity contribution in [1.82, 2.24) is 5.32 Å². The van der Waals surface area contributed by atoms with Crippen LogP contribution in [0.3, 0.4) is 0 Å². The van der Waals surface area contributed by atoms with Gasteiger partial charge < -0.3 is 19.9 Å². The van der Waals surface area contributed by atoms with Gasteiger partial charge in [-0.2, -0.15) is 0 Å². The fourth-order valence-electron chi connectivity index (χ4n) is 2.82. The number of carbonyl (C=O) groups is 3. The number of ether oxygens (including phenoxy) is 2. The second kappa shape index (κ2) is 10.4. The molecule has 162 valence electrons. The van der Waals surface area contributed by atoms with Gasteiger partial charge in [-0.1, -0.05) is 51.1 Å². The number of ketones is 1. The van der Waals surface area contributed by atoms with Gasteiger partial charge in [0, 0.05) is 6.61 Å².